The standard InChI is InChI=1S/C17H18O4/c1-19-15-8-4-5-12(11-18)16(15)13-6-2-3-7-14(13)17-20-9-10-21-17/h2-8,17-18H,9-11H2,1H3. The Morgan fingerprint density at radius 1 is 1.10 bits per heavy atom. The second-order valence-corrected chi connectivity index (χ2v) is 4.81. The van der Waals surface area contributed by atoms with Gasteiger partial charge in [-0.25, -0.2) is 0 Å². The van der Waals surface area contributed by atoms with Gasteiger partial charge >= 0.3 is 0 Å². The fourth-order valence-electron chi connectivity index (χ4n) is 2.65. The minimum Gasteiger partial charge on any atom is -0.496 e. The largest absolute Gasteiger partial charge is 0.496 e. The number of hydrogen-bond donors (Lipinski definition) is 1. The second kappa shape index (κ2) is 6.26. The fourth-order valence-corrected chi connectivity index (χ4v) is 2.65. The normalized spacial score (nSPS) is 15.3. The molecule has 0 aromatic heterocycles. The van der Waals surface area contributed by atoms with Crippen LogP contribution in [0, 0.1) is 0 Å². The second-order valence-electron chi connectivity index (χ2n) is 4.81. The molecular weight excluding hydrogens is 268 g/mol. The Labute approximate surface area is 123 Å². The number of benzene rings is 2. The topological polar surface area (TPSA) is 47.9 Å². The van der Waals surface area contributed by atoms with Crippen LogP contribution in [0.25, 0.3) is 11.1 Å². The maximum absolute atomic E-state index is 9.64. The van der Waals surface area contributed by atoms with Gasteiger partial charge in [0.15, 0.2) is 6.29 Å². The third-order valence-electron chi connectivity index (χ3n) is 3.61. The molecule has 0 radical (unpaired) electrons. The van der Waals surface area contributed by atoms with E-state index in [1.165, 1.54) is 0 Å². The molecule has 4 heteroatoms. The Bertz CT molecular complexity index is 596. The number of aliphatic hydroxyl groups is 1. The van der Waals surface area contributed by atoms with Gasteiger partial charge in [-0.05, 0) is 17.2 Å². The Kier molecular flexibility index (Phi) is 4.20. The molecule has 21 heavy (non-hydrogen) atoms. The first-order valence-corrected chi connectivity index (χ1v) is 6.94. The van der Waals surface area contributed by atoms with Crippen LogP contribution in [0.5, 0.6) is 5.75 Å². The van der Waals surface area contributed by atoms with Gasteiger partial charge < -0.3 is 19.3 Å². The summed E-state index contributed by atoms with van der Waals surface area (Å²) in [6, 6.07) is 13.6. The molecule has 0 atom stereocenters. The van der Waals surface area contributed by atoms with Crippen molar-refractivity contribution in [3.8, 4) is 16.9 Å². The molecule has 3 rings (SSSR count). The molecule has 110 valence electrons. The Balaban J connectivity index is 2.16. The van der Waals surface area contributed by atoms with Crippen LogP contribution in [0.4, 0.5) is 0 Å². The van der Waals surface area contributed by atoms with Gasteiger partial charge in [0.1, 0.15) is 5.75 Å². The summed E-state index contributed by atoms with van der Waals surface area (Å²) in [5.41, 5.74) is 3.62. The van der Waals surface area contributed by atoms with Gasteiger partial charge in [-0.1, -0.05) is 36.4 Å². The summed E-state index contributed by atoms with van der Waals surface area (Å²) in [5.74, 6) is 0.729. The predicted molar refractivity (Wildman–Crippen MR) is 79.0 cm³/mol. The first-order chi connectivity index (χ1) is 10.3. The first kappa shape index (κ1) is 14.1. The third-order valence-corrected chi connectivity index (χ3v) is 3.61. The Morgan fingerprint density at radius 3 is 2.57 bits per heavy atom. The van der Waals surface area contributed by atoms with Crippen LogP contribution in [-0.4, -0.2) is 25.4 Å². The van der Waals surface area contributed by atoms with Crippen molar-refractivity contribution in [1.82, 2.24) is 0 Å². The summed E-state index contributed by atoms with van der Waals surface area (Å²) in [6.45, 7) is 1.14. The molecule has 1 saturated heterocycles. The van der Waals surface area contributed by atoms with Gasteiger partial charge in [0, 0.05) is 11.1 Å². The fraction of sp³-hybridized carbons (Fsp3) is 0.294. The van der Waals surface area contributed by atoms with E-state index in [9.17, 15) is 5.11 Å². The summed E-state index contributed by atoms with van der Waals surface area (Å²) in [7, 11) is 1.63. The van der Waals surface area contributed by atoms with Crippen LogP contribution < -0.4 is 4.74 Å². The van der Waals surface area contributed by atoms with Gasteiger partial charge in [-0.15, -0.1) is 0 Å². The van der Waals surface area contributed by atoms with Crippen LogP contribution in [0.1, 0.15) is 17.4 Å². The van der Waals surface area contributed by atoms with Gasteiger partial charge in [0.25, 0.3) is 0 Å². The van der Waals surface area contributed by atoms with E-state index in [2.05, 4.69) is 0 Å². The van der Waals surface area contributed by atoms with Crippen LogP contribution in [0.2, 0.25) is 0 Å². The maximum Gasteiger partial charge on any atom is 0.184 e. The van der Waals surface area contributed by atoms with E-state index < -0.39 is 0 Å². The summed E-state index contributed by atoms with van der Waals surface area (Å²) >= 11 is 0. The van der Waals surface area contributed by atoms with E-state index in [1.54, 1.807) is 7.11 Å². The highest BCUT2D eigenvalue weighted by atomic mass is 16.7. The average Bonchev–Trinajstić information content (AvgIpc) is 3.08. The van der Waals surface area contributed by atoms with Crippen molar-refractivity contribution >= 4 is 0 Å². The van der Waals surface area contributed by atoms with E-state index in [0.717, 1.165) is 28.0 Å². The van der Waals surface area contributed by atoms with Crippen LogP contribution in [0.3, 0.4) is 0 Å². The molecule has 1 aliphatic rings. The minimum atomic E-state index is -0.363. The van der Waals surface area contributed by atoms with Gasteiger partial charge in [-0.2, -0.15) is 0 Å². The zero-order chi connectivity index (χ0) is 14.7. The average molecular weight is 286 g/mol. The van der Waals surface area contributed by atoms with E-state index in [-0.39, 0.29) is 12.9 Å². The molecule has 0 aliphatic carbocycles. The molecule has 0 spiro atoms. The van der Waals surface area contributed by atoms with Crippen molar-refractivity contribution in [2.75, 3.05) is 20.3 Å². The lowest BCUT2D eigenvalue weighted by Gasteiger charge is -2.18. The van der Waals surface area contributed by atoms with E-state index in [1.807, 2.05) is 42.5 Å². The lowest BCUT2D eigenvalue weighted by molar-refractivity contribution is -0.0436. The van der Waals surface area contributed by atoms with E-state index in [0.29, 0.717) is 13.2 Å². The molecule has 4 nitrogen and oxygen atoms in total. The monoisotopic (exact) mass is 286 g/mol. The lowest BCUT2D eigenvalue weighted by Crippen LogP contribution is -2.03. The van der Waals surface area contributed by atoms with Crippen molar-refractivity contribution in [1.29, 1.82) is 0 Å². The molecule has 0 amide bonds. The summed E-state index contributed by atoms with van der Waals surface area (Å²) in [4.78, 5) is 0. The smallest absolute Gasteiger partial charge is 0.184 e. The maximum atomic E-state index is 9.64. The zero-order valence-electron chi connectivity index (χ0n) is 11.9. The zero-order valence-corrected chi connectivity index (χ0v) is 11.9. The van der Waals surface area contributed by atoms with Gasteiger partial charge in [0.2, 0.25) is 0 Å². The van der Waals surface area contributed by atoms with Crippen molar-refractivity contribution in [2.24, 2.45) is 0 Å². The van der Waals surface area contributed by atoms with Crippen molar-refractivity contribution in [3.63, 3.8) is 0 Å². The van der Waals surface area contributed by atoms with Crippen LogP contribution >= 0.6 is 0 Å². The number of aliphatic hydroxyl groups excluding tert-OH is 1. The number of hydrogen-bond acceptors (Lipinski definition) is 4. The summed E-state index contributed by atoms with van der Waals surface area (Å²) in [5, 5.41) is 9.64. The molecule has 1 fully saturated rings. The van der Waals surface area contributed by atoms with Crippen LogP contribution in [-0.2, 0) is 16.1 Å². The third kappa shape index (κ3) is 2.65. The molecule has 1 aliphatic heterocycles. The van der Waals surface area contributed by atoms with E-state index in [4.69, 9.17) is 14.2 Å². The molecule has 1 heterocycles. The molecule has 2 aromatic carbocycles. The van der Waals surface area contributed by atoms with Gasteiger partial charge in [-0.3, -0.25) is 0 Å². The van der Waals surface area contributed by atoms with Crippen molar-refractivity contribution in [2.45, 2.75) is 12.9 Å². The highest BCUT2D eigenvalue weighted by molar-refractivity contribution is 5.76. The lowest BCUT2D eigenvalue weighted by atomic mass is 9.94. The predicted octanol–water partition coefficient (Wildman–Crippen LogP) is 2.90. The number of rotatable bonds is 4. The highest BCUT2D eigenvalue weighted by Crippen LogP contribution is 2.39. The molecule has 0 bridgehead atoms. The molecule has 2 aromatic rings. The van der Waals surface area contributed by atoms with Crippen molar-refractivity contribution < 1.29 is 19.3 Å². The Hall–Kier alpha value is -1.88. The summed E-state index contributed by atoms with van der Waals surface area (Å²) in [6.07, 6.45) is -0.363. The molecule has 1 N–H and O–H groups in total. The quantitative estimate of drug-likeness (QED) is 0.939. The molecule has 0 saturated carbocycles. The number of ether oxygens (including phenoxy) is 3. The molecule has 0 unspecified atom stereocenters. The van der Waals surface area contributed by atoms with Crippen LogP contribution in [0.15, 0.2) is 42.5 Å². The number of methoxy groups -OCH3 is 1. The SMILES string of the molecule is COc1cccc(CO)c1-c1ccccc1C1OCCO1. The highest BCUT2D eigenvalue weighted by Gasteiger charge is 2.23. The first-order valence-electron chi connectivity index (χ1n) is 6.94. The summed E-state index contributed by atoms with van der Waals surface area (Å²) < 4.78 is 16.7. The van der Waals surface area contributed by atoms with Crippen molar-refractivity contribution in [3.05, 3.63) is 53.6 Å². The Morgan fingerprint density at radius 2 is 1.86 bits per heavy atom. The van der Waals surface area contributed by atoms with E-state index >= 15 is 0 Å². The van der Waals surface area contributed by atoms with Gasteiger partial charge in [0.05, 0.1) is 26.9 Å². The molecular formula is C17H18O4. The minimum absolute atomic E-state index is 0.0484.